The number of hydrogen-bond acceptors (Lipinski definition) is 4. The van der Waals surface area contributed by atoms with Crippen molar-refractivity contribution >= 4 is 11.6 Å². The second-order valence-corrected chi connectivity index (χ2v) is 5.61. The van der Waals surface area contributed by atoms with Crippen LogP contribution in [0.5, 0.6) is 11.5 Å². The van der Waals surface area contributed by atoms with Gasteiger partial charge in [0.25, 0.3) is 5.91 Å². The minimum Gasteiger partial charge on any atom is -0.454 e. The van der Waals surface area contributed by atoms with E-state index in [0.29, 0.717) is 28.3 Å². The van der Waals surface area contributed by atoms with Crippen molar-refractivity contribution in [3.05, 3.63) is 53.1 Å². The molecule has 2 aliphatic rings. The lowest BCUT2D eigenvalue weighted by Gasteiger charge is -2.24. The second-order valence-electron chi connectivity index (χ2n) is 5.61. The first-order valence-corrected chi connectivity index (χ1v) is 7.04. The predicted octanol–water partition coefficient (Wildman–Crippen LogP) is 1.94. The van der Waals surface area contributed by atoms with Crippen molar-refractivity contribution in [3.63, 3.8) is 0 Å². The SMILES string of the molecule is Cc1cc2c(cc1C1(O)C(=O)N(C)c3ccccc31)OCO2. The number of likely N-dealkylation sites (N-methyl/N-ethyl adjacent to an activating group) is 1. The Balaban J connectivity index is 1.98. The molecule has 0 saturated heterocycles. The largest absolute Gasteiger partial charge is 0.454 e. The summed E-state index contributed by atoms with van der Waals surface area (Å²) in [6.07, 6.45) is 0. The van der Waals surface area contributed by atoms with Gasteiger partial charge < -0.3 is 19.5 Å². The smallest absolute Gasteiger partial charge is 0.268 e. The summed E-state index contributed by atoms with van der Waals surface area (Å²) < 4.78 is 10.7. The van der Waals surface area contributed by atoms with Crippen LogP contribution in [0.15, 0.2) is 36.4 Å². The third-order valence-electron chi connectivity index (χ3n) is 4.38. The number of nitrogens with zero attached hydrogens (tertiary/aromatic N) is 1. The molecule has 1 N–H and O–H groups in total. The van der Waals surface area contributed by atoms with E-state index in [1.807, 2.05) is 25.1 Å². The van der Waals surface area contributed by atoms with Crippen molar-refractivity contribution in [1.29, 1.82) is 0 Å². The average Bonchev–Trinajstić information content (AvgIpc) is 3.05. The van der Waals surface area contributed by atoms with E-state index >= 15 is 0 Å². The minimum atomic E-state index is -1.70. The summed E-state index contributed by atoms with van der Waals surface area (Å²) in [7, 11) is 1.67. The summed E-state index contributed by atoms with van der Waals surface area (Å²) in [5, 5.41) is 11.3. The molecule has 112 valence electrons. The minimum absolute atomic E-state index is 0.154. The van der Waals surface area contributed by atoms with Crippen molar-refractivity contribution in [1.82, 2.24) is 0 Å². The van der Waals surface area contributed by atoms with E-state index in [1.54, 1.807) is 25.2 Å². The maximum Gasteiger partial charge on any atom is 0.268 e. The van der Waals surface area contributed by atoms with Crippen molar-refractivity contribution in [3.8, 4) is 11.5 Å². The van der Waals surface area contributed by atoms with Crippen LogP contribution in [0.25, 0.3) is 0 Å². The molecule has 2 heterocycles. The van der Waals surface area contributed by atoms with Gasteiger partial charge in [0.15, 0.2) is 17.1 Å². The Bertz CT molecular complexity index is 801. The number of anilines is 1. The topological polar surface area (TPSA) is 59.0 Å². The summed E-state index contributed by atoms with van der Waals surface area (Å²) in [4.78, 5) is 14.2. The Morgan fingerprint density at radius 3 is 2.59 bits per heavy atom. The zero-order valence-electron chi connectivity index (χ0n) is 12.3. The number of aryl methyl sites for hydroxylation is 1. The Labute approximate surface area is 127 Å². The number of aliphatic hydroxyl groups is 1. The highest BCUT2D eigenvalue weighted by Gasteiger charge is 2.50. The molecule has 22 heavy (non-hydrogen) atoms. The van der Waals surface area contributed by atoms with Crippen molar-refractivity contribution < 1.29 is 19.4 Å². The molecule has 0 spiro atoms. The van der Waals surface area contributed by atoms with Gasteiger partial charge in [-0.1, -0.05) is 18.2 Å². The van der Waals surface area contributed by atoms with E-state index in [1.165, 1.54) is 4.90 Å². The summed E-state index contributed by atoms with van der Waals surface area (Å²) in [5.41, 5.74) is 0.913. The molecule has 5 nitrogen and oxygen atoms in total. The van der Waals surface area contributed by atoms with Gasteiger partial charge in [-0.25, -0.2) is 0 Å². The first kappa shape index (κ1) is 13.2. The number of rotatable bonds is 1. The number of carbonyl (C=O) groups excluding carboxylic acids is 1. The fraction of sp³-hybridized carbons (Fsp3) is 0.235. The third-order valence-corrected chi connectivity index (χ3v) is 4.38. The number of para-hydroxylation sites is 1. The molecule has 1 amide bonds. The van der Waals surface area contributed by atoms with Crippen molar-refractivity contribution in [2.75, 3.05) is 18.7 Å². The van der Waals surface area contributed by atoms with Gasteiger partial charge in [0.1, 0.15) is 0 Å². The van der Waals surface area contributed by atoms with Crippen LogP contribution in [0.3, 0.4) is 0 Å². The fourth-order valence-corrected chi connectivity index (χ4v) is 3.23. The highest BCUT2D eigenvalue weighted by Crippen LogP contribution is 2.47. The quantitative estimate of drug-likeness (QED) is 0.874. The number of hydrogen-bond donors (Lipinski definition) is 1. The molecule has 0 aliphatic carbocycles. The molecule has 0 bridgehead atoms. The predicted molar refractivity (Wildman–Crippen MR) is 80.2 cm³/mol. The van der Waals surface area contributed by atoms with E-state index in [0.717, 1.165) is 5.56 Å². The van der Waals surface area contributed by atoms with Crippen LogP contribution in [0.1, 0.15) is 16.7 Å². The van der Waals surface area contributed by atoms with Gasteiger partial charge in [0.2, 0.25) is 6.79 Å². The van der Waals surface area contributed by atoms with Gasteiger partial charge >= 0.3 is 0 Å². The first-order chi connectivity index (χ1) is 10.5. The monoisotopic (exact) mass is 297 g/mol. The Morgan fingerprint density at radius 1 is 1.14 bits per heavy atom. The number of fused-ring (bicyclic) bond motifs is 2. The van der Waals surface area contributed by atoms with E-state index < -0.39 is 5.60 Å². The van der Waals surface area contributed by atoms with E-state index in [9.17, 15) is 9.90 Å². The fourth-order valence-electron chi connectivity index (χ4n) is 3.23. The van der Waals surface area contributed by atoms with Crippen molar-refractivity contribution in [2.45, 2.75) is 12.5 Å². The van der Waals surface area contributed by atoms with Gasteiger partial charge in [-0.15, -0.1) is 0 Å². The maximum absolute atomic E-state index is 12.7. The summed E-state index contributed by atoms with van der Waals surface area (Å²) in [6.45, 7) is 2.00. The van der Waals surface area contributed by atoms with Crippen LogP contribution in [0.4, 0.5) is 5.69 Å². The molecule has 2 aromatic rings. The van der Waals surface area contributed by atoms with E-state index in [4.69, 9.17) is 9.47 Å². The van der Waals surface area contributed by atoms with Crippen LogP contribution < -0.4 is 14.4 Å². The lowest BCUT2D eigenvalue weighted by atomic mass is 9.84. The average molecular weight is 297 g/mol. The molecule has 1 atom stereocenters. The highest BCUT2D eigenvalue weighted by molar-refractivity contribution is 6.08. The highest BCUT2D eigenvalue weighted by atomic mass is 16.7. The van der Waals surface area contributed by atoms with Gasteiger partial charge in [-0.2, -0.15) is 0 Å². The standard InChI is InChI=1S/C17H15NO4/c1-10-7-14-15(22-9-21-14)8-12(10)17(20)11-5-3-4-6-13(11)18(2)16(17)19/h3-8,20H,9H2,1-2H3. The number of amides is 1. The zero-order valence-corrected chi connectivity index (χ0v) is 12.3. The summed E-state index contributed by atoms with van der Waals surface area (Å²) >= 11 is 0. The number of ether oxygens (including phenoxy) is 2. The number of carbonyl (C=O) groups is 1. The van der Waals surface area contributed by atoms with Crippen LogP contribution in [0, 0.1) is 6.92 Å². The normalized spacial score (nSPS) is 22.1. The lowest BCUT2D eigenvalue weighted by molar-refractivity contribution is -0.131. The van der Waals surface area contributed by atoms with Crippen LogP contribution in [-0.4, -0.2) is 24.9 Å². The molecule has 0 aromatic heterocycles. The molecule has 2 aliphatic heterocycles. The van der Waals surface area contributed by atoms with Crippen LogP contribution in [-0.2, 0) is 10.4 Å². The molecule has 5 heteroatoms. The molecule has 1 unspecified atom stereocenters. The van der Waals surface area contributed by atoms with E-state index in [2.05, 4.69) is 0 Å². The van der Waals surface area contributed by atoms with Crippen LogP contribution in [0.2, 0.25) is 0 Å². The third kappa shape index (κ3) is 1.49. The molecule has 2 aromatic carbocycles. The summed E-state index contributed by atoms with van der Waals surface area (Å²) in [5.74, 6) is 0.821. The molecular formula is C17H15NO4. The van der Waals surface area contributed by atoms with Crippen LogP contribution >= 0.6 is 0 Å². The molecule has 0 fully saturated rings. The molecule has 0 radical (unpaired) electrons. The number of benzene rings is 2. The maximum atomic E-state index is 12.7. The molecule has 4 rings (SSSR count). The summed E-state index contributed by atoms with van der Waals surface area (Å²) in [6, 6.07) is 10.8. The van der Waals surface area contributed by atoms with Gasteiger partial charge in [0.05, 0.1) is 5.69 Å². The van der Waals surface area contributed by atoms with Gasteiger partial charge in [-0.05, 0) is 30.7 Å². The Kier molecular flexibility index (Phi) is 2.53. The zero-order chi connectivity index (χ0) is 15.5. The Hall–Kier alpha value is -2.53. The molecule has 0 saturated carbocycles. The Morgan fingerprint density at radius 2 is 1.82 bits per heavy atom. The van der Waals surface area contributed by atoms with Crippen molar-refractivity contribution in [2.24, 2.45) is 0 Å². The lowest BCUT2D eigenvalue weighted by Crippen LogP contribution is -2.40. The van der Waals surface area contributed by atoms with E-state index in [-0.39, 0.29) is 12.7 Å². The van der Waals surface area contributed by atoms with Gasteiger partial charge in [-0.3, -0.25) is 4.79 Å². The second kappa shape index (κ2) is 4.24. The van der Waals surface area contributed by atoms with Gasteiger partial charge in [0, 0.05) is 18.2 Å². The molecular weight excluding hydrogens is 282 g/mol. The first-order valence-electron chi connectivity index (χ1n) is 7.04.